The Bertz CT molecular complexity index is 457. The van der Waals surface area contributed by atoms with Crippen molar-refractivity contribution in [3.8, 4) is 0 Å². The Labute approximate surface area is 146 Å². The molecule has 23 heavy (non-hydrogen) atoms. The monoisotopic (exact) mass is 334 g/mol. The van der Waals surface area contributed by atoms with E-state index in [0.29, 0.717) is 11.5 Å². The molecule has 128 valence electrons. The number of benzene rings is 1. The average molecular weight is 335 g/mol. The van der Waals surface area contributed by atoms with Crippen molar-refractivity contribution >= 4 is 16.8 Å². The fraction of sp³-hybridized carbons (Fsp3) is 0.667. The summed E-state index contributed by atoms with van der Waals surface area (Å²) in [5.41, 5.74) is 1.98. The Hall–Kier alpha value is -0.820. The molecule has 1 saturated carbocycles. The van der Waals surface area contributed by atoms with Crippen molar-refractivity contribution in [1.29, 1.82) is 0 Å². The first kappa shape index (κ1) is 18.5. The number of hydrogen-bond donors (Lipinski definition) is 0. The summed E-state index contributed by atoms with van der Waals surface area (Å²) in [4.78, 5) is 11.1. The third-order valence-corrected chi connectivity index (χ3v) is 5.64. The van der Waals surface area contributed by atoms with Crippen molar-refractivity contribution in [1.82, 2.24) is 0 Å². The third-order valence-electron chi connectivity index (χ3n) is 5.42. The van der Waals surface area contributed by atoms with E-state index < -0.39 is 0 Å². The second-order valence-corrected chi connectivity index (χ2v) is 7.51. The van der Waals surface area contributed by atoms with Crippen molar-refractivity contribution < 1.29 is 4.79 Å². The van der Waals surface area contributed by atoms with E-state index >= 15 is 0 Å². The summed E-state index contributed by atoms with van der Waals surface area (Å²) in [6.07, 6.45) is 15.2. The lowest BCUT2D eigenvalue weighted by Crippen LogP contribution is -2.13. The largest absolute Gasteiger partial charge is 0.276 e. The molecular weight excluding hydrogens is 304 g/mol. The van der Waals surface area contributed by atoms with Crippen molar-refractivity contribution in [2.24, 2.45) is 5.92 Å². The van der Waals surface area contributed by atoms with Crippen LogP contribution < -0.4 is 0 Å². The van der Waals surface area contributed by atoms with Gasteiger partial charge in [-0.05, 0) is 66.8 Å². The highest BCUT2D eigenvalue weighted by Gasteiger charge is 2.22. The van der Waals surface area contributed by atoms with Gasteiger partial charge in [-0.3, -0.25) is 4.79 Å². The number of unbranched alkanes of at least 4 members (excludes halogenated alkanes) is 5. The van der Waals surface area contributed by atoms with Gasteiger partial charge in [-0.25, -0.2) is 0 Å². The van der Waals surface area contributed by atoms with Gasteiger partial charge in [-0.2, -0.15) is 0 Å². The van der Waals surface area contributed by atoms with Crippen LogP contribution in [0.1, 0.15) is 99.4 Å². The molecule has 2 rings (SSSR count). The van der Waals surface area contributed by atoms with Gasteiger partial charge in [0.2, 0.25) is 0 Å². The molecule has 0 aliphatic heterocycles. The van der Waals surface area contributed by atoms with Crippen LogP contribution in [0.25, 0.3) is 0 Å². The van der Waals surface area contributed by atoms with Crippen LogP contribution in [0.4, 0.5) is 0 Å². The summed E-state index contributed by atoms with van der Waals surface area (Å²) in [5.74, 6) is 1.62. The number of hydrogen-bond acceptors (Lipinski definition) is 1. The van der Waals surface area contributed by atoms with E-state index in [1.54, 1.807) is 0 Å². The molecule has 0 N–H and O–H groups in total. The zero-order valence-electron chi connectivity index (χ0n) is 14.5. The van der Waals surface area contributed by atoms with Gasteiger partial charge in [0, 0.05) is 5.56 Å². The molecule has 2 heteroatoms. The molecule has 0 amide bonds. The lowest BCUT2D eigenvalue weighted by atomic mass is 9.77. The van der Waals surface area contributed by atoms with Gasteiger partial charge < -0.3 is 0 Å². The van der Waals surface area contributed by atoms with Crippen LogP contribution in [0.2, 0.25) is 0 Å². The first-order chi connectivity index (χ1) is 11.2. The van der Waals surface area contributed by atoms with Gasteiger partial charge in [0.05, 0.1) is 0 Å². The summed E-state index contributed by atoms with van der Waals surface area (Å²) in [6, 6.07) is 7.92. The molecule has 1 aliphatic carbocycles. The molecule has 0 atom stereocenters. The number of halogens is 1. The van der Waals surface area contributed by atoms with Gasteiger partial charge in [-0.1, -0.05) is 64.0 Å². The zero-order chi connectivity index (χ0) is 16.5. The lowest BCUT2D eigenvalue weighted by Gasteiger charge is -2.29. The third kappa shape index (κ3) is 6.30. The molecule has 0 bridgehead atoms. The minimum atomic E-state index is -0.362. The van der Waals surface area contributed by atoms with Crippen LogP contribution in [0.5, 0.6) is 0 Å². The quantitative estimate of drug-likeness (QED) is 0.348. The summed E-state index contributed by atoms with van der Waals surface area (Å²) in [6.45, 7) is 2.28. The number of rotatable bonds is 9. The fourth-order valence-corrected chi connectivity index (χ4v) is 4.01. The van der Waals surface area contributed by atoms with Crippen LogP contribution >= 0.6 is 11.6 Å². The number of carbonyl (C=O) groups is 1. The predicted octanol–water partition coefficient (Wildman–Crippen LogP) is 7.09. The topological polar surface area (TPSA) is 17.1 Å². The highest BCUT2D eigenvalue weighted by molar-refractivity contribution is 6.67. The van der Waals surface area contributed by atoms with E-state index in [-0.39, 0.29) is 5.24 Å². The molecule has 0 aromatic heterocycles. The Balaban J connectivity index is 1.66. The minimum absolute atomic E-state index is 0.362. The normalized spacial score (nSPS) is 21.3. The molecule has 0 spiro atoms. The van der Waals surface area contributed by atoms with E-state index in [1.807, 2.05) is 12.1 Å². The molecule has 1 aromatic rings. The van der Waals surface area contributed by atoms with Crippen molar-refractivity contribution in [3.63, 3.8) is 0 Å². The van der Waals surface area contributed by atoms with E-state index in [0.717, 1.165) is 5.92 Å². The highest BCUT2D eigenvalue weighted by Crippen LogP contribution is 2.37. The average Bonchev–Trinajstić information content (AvgIpc) is 2.58. The minimum Gasteiger partial charge on any atom is -0.276 e. The Morgan fingerprint density at radius 1 is 0.957 bits per heavy atom. The molecule has 1 fully saturated rings. The second kappa shape index (κ2) is 10.1. The molecule has 1 nitrogen and oxygen atoms in total. The predicted molar refractivity (Wildman–Crippen MR) is 99.3 cm³/mol. The van der Waals surface area contributed by atoms with Crippen LogP contribution in [0.3, 0.4) is 0 Å². The van der Waals surface area contributed by atoms with Gasteiger partial charge in [0.25, 0.3) is 5.24 Å². The molecule has 0 radical (unpaired) electrons. The van der Waals surface area contributed by atoms with Crippen LogP contribution in [0, 0.1) is 5.92 Å². The summed E-state index contributed by atoms with van der Waals surface area (Å²) in [7, 11) is 0. The Kier molecular flexibility index (Phi) is 8.16. The van der Waals surface area contributed by atoms with Crippen LogP contribution in [-0.2, 0) is 0 Å². The van der Waals surface area contributed by atoms with Crippen molar-refractivity contribution in [3.05, 3.63) is 35.4 Å². The van der Waals surface area contributed by atoms with Crippen molar-refractivity contribution in [2.45, 2.75) is 83.5 Å². The summed E-state index contributed by atoms with van der Waals surface area (Å²) in [5, 5.41) is -0.362. The van der Waals surface area contributed by atoms with Crippen LogP contribution in [0.15, 0.2) is 24.3 Å². The van der Waals surface area contributed by atoms with Gasteiger partial charge >= 0.3 is 0 Å². The summed E-state index contributed by atoms with van der Waals surface area (Å²) < 4.78 is 0. The van der Waals surface area contributed by atoms with E-state index in [1.165, 1.54) is 76.2 Å². The first-order valence-electron chi connectivity index (χ1n) is 9.50. The maximum atomic E-state index is 11.1. The van der Waals surface area contributed by atoms with Gasteiger partial charge in [0.15, 0.2) is 0 Å². The molecule has 1 aromatic carbocycles. The molecular formula is C21H31ClO. The lowest BCUT2D eigenvalue weighted by molar-refractivity contribution is 0.108. The SMILES string of the molecule is CCCCCCCCC1CCC(c2ccc(C(=O)Cl)cc2)CC1. The van der Waals surface area contributed by atoms with E-state index in [4.69, 9.17) is 11.6 Å². The Morgan fingerprint density at radius 2 is 1.57 bits per heavy atom. The van der Waals surface area contributed by atoms with Crippen molar-refractivity contribution in [2.75, 3.05) is 0 Å². The second-order valence-electron chi connectivity index (χ2n) is 7.17. The van der Waals surface area contributed by atoms with E-state index in [9.17, 15) is 4.79 Å². The van der Waals surface area contributed by atoms with Gasteiger partial charge in [-0.15, -0.1) is 0 Å². The summed E-state index contributed by atoms with van der Waals surface area (Å²) >= 11 is 5.51. The smallest absolute Gasteiger partial charge is 0.252 e. The first-order valence-corrected chi connectivity index (χ1v) is 9.88. The molecule has 0 unspecified atom stereocenters. The molecule has 0 heterocycles. The standard InChI is InChI=1S/C21H31ClO/c1-2-3-4-5-6-7-8-17-9-11-18(12-10-17)19-13-15-20(16-14-19)21(22)23/h13-18H,2-12H2,1H3. The molecule has 0 saturated heterocycles. The maximum Gasteiger partial charge on any atom is 0.252 e. The fourth-order valence-electron chi connectivity index (χ4n) is 3.88. The molecule has 1 aliphatic rings. The Morgan fingerprint density at radius 3 is 2.17 bits per heavy atom. The van der Waals surface area contributed by atoms with Gasteiger partial charge in [0.1, 0.15) is 0 Å². The van der Waals surface area contributed by atoms with Crippen LogP contribution in [-0.4, -0.2) is 5.24 Å². The number of carbonyl (C=O) groups excluding carboxylic acids is 1. The van der Waals surface area contributed by atoms with E-state index in [2.05, 4.69) is 19.1 Å². The maximum absolute atomic E-state index is 11.1. The zero-order valence-corrected chi connectivity index (χ0v) is 15.3. The highest BCUT2D eigenvalue weighted by atomic mass is 35.5.